The lowest BCUT2D eigenvalue weighted by atomic mass is 10.2. The van der Waals surface area contributed by atoms with Gasteiger partial charge < -0.3 is 11.1 Å². The molecule has 1 amide bonds. The van der Waals surface area contributed by atoms with Gasteiger partial charge in [0.2, 0.25) is 5.91 Å². The molecule has 2 rings (SSSR count). The van der Waals surface area contributed by atoms with Crippen LogP contribution < -0.4 is 11.1 Å². The average molecular weight is 348 g/mol. The predicted molar refractivity (Wildman–Crippen MR) is 87.1 cm³/mol. The summed E-state index contributed by atoms with van der Waals surface area (Å²) in [5, 5.41) is 5.37. The van der Waals surface area contributed by atoms with Crippen LogP contribution in [0, 0.1) is 6.92 Å². The molecule has 0 atom stereocenters. The monoisotopic (exact) mass is 347 g/mol. The summed E-state index contributed by atoms with van der Waals surface area (Å²) in [6.45, 7) is 1.91. The van der Waals surface area contributed by atoms with Crippen molar-refractivity contribution in [3.63, 3.8) is 0 Å². The molecule has 2 aromatic rings. The highest BCUT2D eigenvalue weighted by Crippen LogP contribution is 2.32. The van der Waals surface area contributed by atoms with Gasteiger partial charge in [-0.05, 0) is 19.1 Å². The van der Waals surface area contributed by atoms with Crippen LogP contribution in [0.2, 0.25) is 10.0 Å². The zero-order valence-electron chi connectivity index (χ0n) is 10.4. The lowest BCUT2D eigenvalue weighted by Crippen LogP contribution is -2.15. The van der Waals surface area contributed by atoms with E-state index in [1.54, 1.807) is 6.07 Å². The van der Waals surface area contributed by atoms with Crippen LogP contribution in [0.25, 0.3) is 0 Å². The third kappa shape index (κ3) is 4.02. The zero-order valence-corrected chi connectivity index (χ0v) is 13.6. The normalized spacial score (nSPS) is 10.6. The third-order valence-electron chi connectivity index (χ3n) is 2.27. The SMILES string of the molecule is Cc1csc(SCC(=O)Nc2c(N)cc(Cl)cc2Cl)n1. The molecule has 0 aliphatic rings. The van der Waals surface area contributed by atoms with Gasteiger partial charge in [0.25, 0.3) is 0 Å². The molecule has 106 valence electrons. The van der Waals surface area contributed by atoms with Crippen molar-refractivity contribution >= 4 is 63.6 Å². The molecular weight excluding hydrogens is 337 g/mol. The summed E-state index contributed by atoms with van der Waals surface area (Å²) < 4.78 is 0.854. The van der Waals surface area contributed by atoms with Gasteiger partial charge in [0.15, 0.2) is 4.34 Å². The van der Waals surface area contributed by atoms with Crippen LogP contribution in [0.4, 0.5) is 11.4 Å². The second-order valence-electron chi connectivity index (χ2n) is 3.94. The Kier molecular flexibility index (Phi) is 5.15. The van der Waals surface area contributed by atoms with Crippen molar-refractivity contribution in [1.29, 1.82) is 0 Å². The summed E-state index contributed by atoms with van der Waals surface area (Å²) in [4.78, 5) is 16.1. The lowest BCUT2D eigenvalue weighted by Gasteiger charge is -2.10. The number of thiazole rings is 1. The summed E-state index contributed by atoms with van der Waals surface area (Å²) in [6, 6.07) is 3.08. The minimum Gasteiger partial charge on any atom is -0.397 e. The van der Waals surface area contributed by atoms with E-state index in [0.29, 0.717) is 21.4 Å². The third-order valence-corrected chi connectivity index (χ3v) is 4.93. The number of carbonyl (C=O) groups excluding carboxylic acids is 1. The van der Waals surface area contributed by atoms with Crippen LogP contribution in [-0.4, -0.2) is 16.6 Å². The number of nitrogens with zero attached hydrogens (tertiary/aromatic N) is 1. The molecular formula is C12H11Cl2N3OS2. The van der Waals surface area contributed by atoms with Crippen molar-refractivity contribution in [1.82, 2.24) is 4.98 Å². The molecule has 0 saturated heterocycles. The summed E-state index contributed by atoms with van der Waals surface area (Å²) in [5.74, 6) is 0.0458. The van der Waals surface area contributed by atoms with E-state index in [4.69, 9.17) is 28.9 Å². The minimum absolute atomic E-state index is 0.196. The largest absolute Gasteiger partial charge is 0.397 e. The predicted octanol–water partition coefficient (Wildman–Crippen LogP) is 4.07. The van der Waals surface area contributed by atoms with E-state index in [-0.39, 0.29) is 11.7 Å². The lowest BCUT2D eigenvalue weighted by molar-refractivity contribution is -0.113. The molecule has 20 heavy (non-hydrogen) atoms. The van der Waals surface area contributed by atoms with Crippen molar-refractivity contribution in [2.24, 2.45) is 0 Å². The number of thioether (sulfide) groups is 1. The minimum atomic E-state index is -0.196. The number of nitrogens with two attached hydrogens (primary N) is 1. The van der Waals surface area contributed by atoms with Crippen LogP contribution in [0.5, 0.6) is 0 Å². The second kappa shape index (κ2) is 6.67. The van der Waals surface area contributed by atoms with Gasteiger partial charge in [-0.25, -0.2) is 4.98 Å². The number of amides is 1. The molecule has 1 aromatic heterocycles. The van der Waals surface area contributed by atoms with Gasteiger partial charge in [0.1, 0.15) is 0 Å². The van der Waals surface area contributed by atoms with E-state index in [9.17, 15) is 4.79 Å². The molecule has 1 heterocycles. The first-order valence-corrected chi connectivity index (χ1v) is 8.17. The number of rotatable bonds is 4. The fraction of sp³-hybridized carbons (Fsp3) is 0.167. The molecule has 3 N–H and O–H groups in total. The zero-order chi connectivity index (χ0) is 14.7. The van der Waals surface area contributed by atoms with E-state index < -0.39 is 0 Å². The van der Waals surface area contributed by atoms with Crippen molar-refractivity contribution in [3.8, 4) is 0 Å². The van der Waals surface area contributed by atoms with Crippen molar-refractivity contribution in [2.75, 3.05) is 16.8 Å². The highest BCUT2D eigenvalue weighted by atomic mass is 35.5. The maximum atomic E-state index is 11.9. The van der Waals surface area contributed by atoms with Gasteiger partial charge >= 0.3 is 0 Å². The van der Waals surface area contributed by atoms with E-state index >= 15 is 0 Å². The van der Waals surface area contributed by atoms with Crippen molar-refractivity contribution in [2.45, 2.75) is 11.3 Å². The van der Waals surface area contributed by atoms with Crippen LogP contribution in [-0.2, 0) is 4.79 Å². The summed E-state index contributed by atoms with van der Waals surface area (Å²) in [7, 11) is 0. The van der Waals surface area contributed by atoms with Gasteiger partial charge in [-0.2, -0.15) is 0 Å². The number of aromatic nitrogens is 1. The molecule has 1 aromatic carbocycles. The Labute approximate surface area is 134 Å². The molecule has 0 bridgehead atoms. The summed E-state index contributed by atoms with van der Waals surface area (Å²) in [6.07, 6.45) is 0. The first-order valence-electron chi connectivity index (χ1n) is 5.55. The van der Waals surface area contributed by atoms with Gasteiger partial charge in [-0.3, -0.25) is 4.79 Å². The van der Waals surface area contributed by atoms with Crippen molar-refractivity contribution < 1.29 is 4.79 Å². The number of halogens is 2. The molecule has 0 fully saturated rings. The molecule has 0 saturated carbocycles. The number of benzene rings is 1. The summed E-state index contributed by atoms with van der Waals surface area (Å²) >= 11 is 14.7. The van der Waals surface area contributed by atoms with Gasteiger partial charge in [-0.1, -0.05) is 35.0 Å². The maximum absolute atomic E-state index is 11.9. The fourth-order valence-electron chi connectivity index (χ4n) is 1.43. The Morgan fingerprint density at radius 3 is 2.85 bits per heavy atom. The topological polar surface area (TPSA) is 68.0 Å². The highest BCUT2D eigenvalue weighted by Gasteiger charge is 2.11. The number of aryl methyl sites for hydroxylation is 1. The van der Waals surface area contributed by atoms with Crippen LogP contribution >= 0.6 is 46.3 Å². The van der Waals surface area contributed by atoms with E-state index in [0.717, 1.165) is 10.0 Å². The van der Waals surface area contributed by atoms with Gasteiger partial charge in [0, 0.05) is 16.1 Å². The Hall–Kier alpha value is -0.950. The second-order valence-corrected chi connectivity index (χ2v) is 6.87. The highest BCUT2D eigenvalue weighted by molar-refractivity contribution is 8.01. The number of hydrogen-bond donors (Lipinski definition) is 2. The summed E-state index contributed by atoms with van der Waals surface area (Å²) in [5.41, 5.74) is 7.45. The van der Waals surface area contributed by atoms with Crippen molar-refractivity contribution in [3.05, 3.63) is 33.3 Å². The Balaban J connectivity index is 1.98. The number of nitrogen functional groups attached to an aromatic ring is 1. The quantitative estimate of drug-likeness (QED) is 0.646. The fourth-order valence-corrected chi connectivity index (χ4v) is 3.63. The van der Waals surface area contributed by atoms with E-state index in [1.165, 1.54) is 29.2 Å². The Bertz CT molecular complexity index is 622. The smallest absolute Gasteiger partial charge is 0.234 e. The molecule has 0 unspecified atom stereocenters. The van der Waals surface area contributed by atoms with E-state index in [2.05, 4.69) is 10.3 Å². The van der Waals surface area contributed by atoms with E-state index in [1.807, 2.05) is 12.3 Å². The molecule has 4 nitrogen and oxygen atoms in total. The molecule has 0 aliphatic heterocycles. The first kappa shape index (κ1) is 15.4. The molecule has 0 aliphatic carbocycles. The molecule has 0 spiro atoms. The van der Waals surface area contributed by atoms with Gasteiger partial charge in [-0.15, -0.1) is 11.3 Å². The Morgan fingerprint density at radius 2 is 2.25 bits per heavy atom. The number of nitrogens with one attached hydrogen (secondary N) is 1. The number of anilines is 2. The number of hydrogen-bond acceptors (Lipinski definition) is 5. The molecule has 8 heteroatoms. The van der Waals surface area contributed by atoms with Gasteiger partial charge in [0.05, 0.1) is 22.2 Å². The van der Waals surface area contributed by atoms with Crippen LogP contribution in [0.1, 0.15) is 5.69 Å². The molecule has 0 radical (unpaired) electrons. The van der Waals surface area contributed by atoms with Crippen LogP contribution in [0.15, 0.2) is 21.9 Å². The first-order chi connectivity index (χ1) is 9.45. The standard InChI is InChI=1S/C12H11Cl2N3OS2/c1-6-4-19-12(16-6)20-5-10(18)17-11-8(14)2-7(13)3-9(11)15/h2-4H,5,15H2,1H3,(H,17,18). The number of carbonyl (C=O) groups is 1. The maximum Gasteiger partial charge on any atom is 0.234 e. The average Bonchev–Trinajstić information content (AvgIpc) is 2.77. The Morgan fingerprint density at radius 1 is 1.50 bits per heavy atom. The van der Waals surface area contributed by atoms with Crippen LogP contribution in [0.3, 0.4) is 0 Å².